The van der Waals surface area contributed by atoms with Crippen LogP contribution in [0.5, 0.6) is 11.5 Å². The summed E-state index contributed by atoms with van der Waals surface area (Å²) < 4.78 is 21.5. The van der Waals surface area contributed by atoms with Crippen molar-refractivity contribution in [2.24, 2.45) is 0 Å². The normalized spacial score (nSPS) is 12.8. The molecular formula is C24H24N2O6. The maximum Gasteiger partial charge on any atom is 0.361 e. The quantitative estimate of drug-likeness (QED) is 0.547. The zero-order valence-corrected chi connectivity index (χ0v) is 18.2. The molecule has 0 fully saturated rings. The zero-order chi connectivity index (χ0) is 22.7. The van der Waals surface area contributed by atoms with Crippen molar-refractivity contribution in [3.05, 3.63) is 65.0 Å². The Labute approximate surface area is 185 Å². The van der Waals surface area contributed by atoms with E-state index in [0.29, 0.717) is 42.7 Å². The minimum absolute atomic E-state index is 0.0671. The standard InChI is InChI=1S/C24H24N2O6/c1-15-22(25-23(32-15)16-7-5-4-6-8-16)24(28)31-14-21(27)26-10-9-17-11-19(29-2)20(30-3)12-18(17)13-26/h4-8,11-12H,9-10,13-14H2,1-3H3. The predicted octanol–water partition coefficient (Wildman–Crippen LogP) is 3.41. The second-order valence-corrected chi connectivity index (χ2v) is 7.41. The van der Waals surface area contributed by atoms with Crippen LogP contribution in [0.15, 0.2) is 46.9 Å². The summed E-state index contributed by atoms with van der Waals surface area (Å²) in [5.74, 6) is 0.988. The van der Waals surface area contributed by atoms with Crippen LogP contribution in [-0.2, 0) is 22.5 Å². The van der Waals surface area contributed by atoms with Crippen molar-refractivity contribution in [1.82, 2.24) is 9.88 Å². The van der Waals surface area contributed by atoms with E-state index in [-0.39, 0.29) is 18.2 Å². The van der Waals surface area contributed by atoms with Crippen molar-refractivity contribution in [3.8, 4) is 23.0 Å². The molecule has 2 heterocycles. The molecule has 1 amide bonds. The molecule has 0 atom stereocenters. The molecule has 3 aromatic rings. The lowest BCUT2D eigenvalue weighted by molar-refractivity contribution is -0.135. The fourth-order valence-electron chi connectivity index (χ4n) is 3.67. The maximum atomic E-state index is 12.7. The van der Waals surface area contributed by atoms with Crippen molar-refractivity contribution in [2.75, 3.05) is 27.4 Å². The van der Waals surface area contributed by atoms with Gasteiger partial charge in [0.25, 0.3) is 5.91 Å². The van der Waals surface area contributed by atoms with Gasteiger partial charge in [-0.1, -0.05) is 18.2 Å². The van der Waals surface area contributed by atoms with Gasteiger partial charge in [-0.05, 0) is 48.7 Å². The van der Waals surface area contributed by atoms with E-state index in [0.717, 1.165) is 16.7 Å². The van der Waals surface area contributed by atoms with Crippen molar-refractivity contribution in [3.63, 3.8) is 0 Å². The van der Waals surface area contributed by atoms with Gasteiger partial charge in [-0.15, -0.1) is 0 Å². The lowest BCUT2D eigenvalue weighted by atomic mass is 9.99. The van der Waals surface area contributed by atoms with Crippen LogP contribution in [0.25, 0.3) is 11.5 Å². The first-order chi connectivity index (χ1) is 15.5. The summed E-state index contributed by atoms with van der Waals surface area (Å²) in [6, 6.07) is 13.1. The van der Waals surface area contributed by atoms with E-state index in [9.17, 15) is 9.59 Å². The van der Waals surface area contributed by atoms with Crippen molar-refractivity contribution < 1.29 is 28.2 Å². The van der Waals surface area contributed by atoms with Gasteiger partial charge in [0, 0.05) is 18.7 Å². The third kappa shape index (κ3) is 4.30. The molecule has 0 radical (unpaired) electrons. The molecule has 0 unspecified atom stereocenters. The smallest absolute Gasteiger partial charge is 0.361 e. The Hall–Kier alpha value is -3.81. The van der Waals surface area contributed by atoms with E-state index in [2.05, 4.69) is 4.98 Å². The number of benzene rings is 2. The van der Waals surface area contributed by atoms with Crippen LogP contribution in [0.4, 0.5) is 0 Å². The second kappa shape index (κ2) is 9.13. The molecule has 1 aliphatic heterocycles. The van der Waals surface area contributed by atoms with Gasteiger partial charge in [0.15, 0.2) is 23.8 Å². The number of oxazole rings is 1. The summed E-state index contributed by atoms with van der Waals surface area (Å²) >= 11 is 0. The number of carbonyl (C=O) groups is 2. The number of hydrogen-bond donors (Lipinski definition) is 0. The number of esters is 1. The van der Waals surface area contributed by atoms with Crippen LogP contribution in [0.1, 0.15) is 27.4 Å². The number of fused-ring (bicyclic) bond motifs is 1. The Morgan fingerprint density at radius 2 is 1.75 bits per heavy atom. The van der Waals surface area contributed by atoms with E-state index in [4.69, 9.17) is 18.6 Å². The molecule has 0 aliphatic carbocycles. The van der Waals surface area contributed by atoms with E-state index in [1.165, 1.54) is 0 Å². The van der Waals surface area contributed by atoms with Gasteiger partial charge in [-0.2, -0.15) is 0 Å². The molecule has 8 nitrogen and oxygen atoms in total. The third-order valence-electron chi connectivity index (χ3n) is 5.41. The number of rotatable bonds is 6. The van der Waals surface area contributed by atoms with E-state index < -0.39 is 5.97 Å². The monoisotopic (exact) mass is 436 g/mol. The van der Waals surface area contributed by atoms with E-state index in [1.54, 1.807) is 26.0 Å². The van der Waals surface area contributed by atoms with Gasteiger partial charge in [0.2, 0.25) is 5.89 Å². The summed E-state index contributed by atoms with van der Waals surface area (Å²) in [5, 5.41) is 0. The SMILES string of the molecule is COc1cc2c(cc1OC)CN(C(=O)COC(=O)c1nc(-c3ccccc3)oc1C)CC2. The van der Waals surface area contributed by atoms with Crippen molar-refractivity contribution in [2.45, 2.75) is 19.9 Å². The number of ether oxygens (including phenoxy) is 3. The van der Waals surface area contributed by atoms with Gasteiger partial charge in [0.1, 0.15) is 5.76 Å². The van der Waals surface area contributed by atoms with Gasteiger partial charge < -0.3 is 23.5 Å². The number of amides is 1. The second-order valence-electron chi connectivity index (χ2n) is 7.41. The Kier molecular flexibility index (Phi) is 6.11. The summed E-state index contributed by atoms with van der Waals surface area (Å²) in [4.78, 5) is 31.1. The Morgan fingerprint density at radius 3 is 2.44 bits per heavy atom. The molecule has 4 rings (SSSR count). The van der Waals surface area contributed by atoms with E-state index in [1.807, 2.05) is 42.5 Å². The molecule has 0 spiro atoms. The van der Waals surface area contributed by atoms with Crippen LogP contribution in [0, 0.1) is 6.92 Å². The first-order valence-corrected chi connectivity index (χ1v) is 10.2. The van der Waals surface area contributed by atoms with Crippen LogP contribution in [-0.4, -0.2) is 49.1 Å². The molecule has 166 valence electrons. The first-order valence-electron chi connectivity index (χ1n) is 10.2. The largest absolute Gasteiger partial charge is 0.493 e. The Bertz CT molecular complexity index is 1140. The molecule has 32 heavy (non-hydrogen) atoms. The third-order valence-corrected chi connectivity index (χ3v) is 5.41. The number of hydrogen-bond acceptors (Lipinski definition) is 7. The number of carbonyl (C=O) groups excluding carboxylic acids is 2. The molecule has 1 aromatic heterocycles. The zero-order valence-electron chi connectivity index (χ0n) is 18.2. The molecule has 0 saturated heterocycles. The van der Waals surface area contributed by atoms with E-state index >= 15 is 0 Å². The fraction of sp³-hybridized carbons (Fsp3) is 0.292. The minimum atomic E-state index is -0.689. The number of aromatic nitrogens is 1. The summed E-state index contributed by atoms with van der Waals surface area (Å²) in [6.45, 7) is 2.21. The molecule has 8 heteroatoms. The minimum Gasteiger partial charge on any atom is -0.493 e. The molecule has 0 N–H and O–H groups in total. The predicted molar refractivity (Wildman–Crippen MR) is 116 cm³/mol. The van der Waals surface area contributed by atoms with Crippen molar-refractivity contribution >= 4 is 11.9 Å². The highest BCUT2D eigenvalue weighted by Crippen LogP contribution is 2.33. The summed E-state index contributed by atoms with van der Waals surface area (Å²) in [7, 11) is 3.17. The molecule has 1 aliphatic rings. The highest BCUT2D eigenvalue weighted by atomic mass is 16.5. The van der Waals surface area contributed by atoms with Crippen LogP contribution in [0.3, 0.4) is 0 Å². The number of aryl methyl sites for hydroxylation is 1. The lowest BCUT2D eigenvalue weighted by Gasteiger charge is -2.29. The lowest BCUT2D eigenvalue weighted by Crippen LogP contribution is -2.38. The molecule has 0 bridgehead atoms. The highest BCUT2D eigenvalue weighted by molar-refractivity contribution is 5.91. The van der Waals surface area contributed by atoms with Crippen molar-refractivity contribution in [1.29, 1.82) is 0 Å². The number of methoxy groups -OCH3 is 2. The molecule has 2 aromatic carbocycles. The van der Waals surface area contributed by atoms with Crippen LogP contribution < -0.4 is 9.47 Å². The summed E-state index contributed by atoms with van der Waals surface area (Å²) in [5.41, 5.74) is 2.91. The molecule has 0 saturated carbocycles. The average molecular weight is 436 g/mol. The number of nitrogens with zero attached hydrogens (tertiary/aromatic N) is 2. The highest BCUT2D eigenvalue weighted by Gasteiger charge is 2.25. The van der Waals surface area contributed by atoms with Crippen LogP contribution >= 0.6 is 0 Å². The fourth-order valence-corrected chi connectivity index (χ4v) is 3.67. The molecular weight excluding hydrogens is 412 g/mol. The van der Waals surface area contributed by atoms with Gasteiger partial charge in [0.05, 0.1) is 14.2 Å². The Balaban J connectivity index is 1.39. The maximum absolute atomic E-state index is 12.7. The van der Waals surface area contributed by atoms with Gasteiger partial charge in [-0.25, -0.2) is 9.78 Å². The first kappa shape index (κ1) is 21.4. The van der Waals surface area contributed by atoms with Crippen LogP contribution in [0.2, 0.25) is 0 Å². The van der Waals surface area contributed by atoms with Gasteiger partial charge in [-0.3, -0.25) is 4.79 Å². The average Bonchev–Trinajstić information content (AvgIpc) is 3.23. The summed E-state index contributed by atoms with van der Waals surface area (Å²) in [6.07, 6.45) is 0.679. The van der Waals surface area contributed by atoms with Gasteiger partial charge >= 0.3 is 5.97 Å². The topological polar surface area (TPSA) is 91.1 Å². The Morgan fingerprint density at radius 1 is 1.06 bits per heavy atom.